The Balaban J connectivity index is 2.20. The van der Waals surface area contributed by atoms with E-state index in [2.05, 4.69) is 39.6 Å². The number of benzene rings is 1. The van der Waals surface area contributed by atoms with E-state index in [0.717, 1.165) is 18.5 Å². The van der Waals surface area contributed by atoms with Gasteiger partial charge in [0.15, 0.2) is 0 Å². The van der Waals surface area contributed by atoms with Crippen LogP contribution in [0.2, 0.25) is 0 Å². The molecule has 1 atom stereocenters. The average Bonchev–Trinajstić information content (AvgIpc) is 2.85. The molecule has 0 spiro atoms. The van der Waals surface area contributed by atoms with E-state index in [4.69, 9.17) is 0 Å². The van der Waals surface area contributed by atoms with Crippen LogP contribution in [0.15, 0.2) is 40.2 Å². The van der Waals surface area contributed by atoms with E-state index in [0.29, 0.717) is 4.47 Å². The van der Waals surface area contributed by atoms with Gasteiger partial charge in [-0.15, -0.1) is 11.3 Å². The van der Waals surface area contributed by atoms with E-state index in [9.17, 15) is 4.39 Å². The van der Waals surface area contributed by atoms with Crippen LogP contribution >= 0.6 is 27.3 Å². The van der Waals surface area contributed by atoms with Crippen LogP contribution in [0.4, 0.5) is 4.39 Å². The first-order valence-electron chi connectivity index (χ1n) is 5.91. The van der Waals surface area contributed by atoms with Crippen LogP contribution in [0, 0.1) is 5.82 Å². The van der Waals surface area contributed by atoms with Gasteiger partial charge in [-0.2, -0.15) is 0 Å². The number of likely N-dealkylation sites (N-methyl/N-ethyl adjacent to an activating group) is 1. The molecular weight excluding hydrogens is 313 g/mol. The molecule has 0 aliphatic rings. The number of rotatable bonds is 5. The predicted molar refractivity (Wildman–Crippen MR) is 78.5 cm³/mol. The molecule has 1 N–H and O–H groups in total. The summed E-state index contributed by atoms with van der Waals surface area (Å²) in [5, 5.41) is 5.48. The molecule has 0 bridgehead atoms. The molecule has 2 aromatic rings. The lowest BCUT2D eigenvalue weighted by Gasteiger charge is -2.18. The first-order valence-corrected chi connectivity index (χ1v) is 7.58. The van der Waals surface area contributed by atoms with E-state index in [1.807, 2.05) is 12.1 Å². The van der Waals surface area contributed by atoms with Gasteiger partial charge in [0.25, 0.3) is 0 Å². The van der Waals surface area contributed by atoms with Gasteiger partial charge in [0.2, 0.25) is 0 Å². The first kappa shape index (κ1) is 13.7. The standard InChI is InChI=1S/C14H15BrFNS/c1-2-17-14(9-11-4-3-7-18-11)10-5-6-12(15)13(16)8-10/h3-8,14,17H,2,9H2,1H3. The fraction of sp³-hybridized carbons (Fsp3) is 0.286. The van der Waals surface area contributed by atoms with Gasteiger partial charge < -0.3 is 5.32 Å². The van der Waals surface area contributed by atoms with E-state index in [1.165, 1.54) is 4.88 Å². The van der Waals surface area contributed by atoms with Crippen molar-refractivity contribution < 1.29 is 4.39 Å². The number of hydrogen-bond donors (Lipinski definition) is 1. The lowest BCUT2D eigenvalue weighted by atomic mass is 10.0. The molecule has 0 saturated carbocycles. The molecule has 0 aliphatic heterocycles. The zero-order chi connectivity index (χ0) is 13.0. The maximum atomic E-state index is 13.6. The van der Waals surface area contributed by atoms with E-state index in [-0.39, 0.29) is 11.9 Å². The minimum absolute atomic E-state index is 0.163. The fourth-order valence-electron chi connectivity index (χ4n) is 1.91. The van der Waals surface area contributed by atoms with Crippen molar-refractivity contribution in [1.29, 1.82) is 0 Å². The Morgan fingerprint density at radius 1 is 1.39 bits per heavy atom. The van der Waals surface area contributed by atoms with Crippen LogP contribution < -0.4 is 5.32 Å². The van der Waals surface area contributed by atoms with Gasteiger partial charge in [0.05, 0.1) is 4.47 Å². The second kappa shape index (κ2) is 6.45. The molecule has 1 nitrogen and oxygen atoms in total. The molecule has 0 radical (unpaired) electrons. The summed E-state index contributed by atoms with van der Waals surface area (Å²) in [6, 6.07) is 9.66. The summed E-state index contributed by atoms with van der Waals surface area (Å²) in [7, 11) is 0. The zero-order valence-corrected chi connectivity index (χ0v) is 12.5. The maximum absolute atomic E-state index is 13.6. The third-order valence-corrected chi connectivity index (χ3v) is 4.32. The second-order valence-corrected chi connectivity index (χ2v) is 5.95. The van der Waals surface area contributed by atoms with Crippen molar-refractivity contribution in [1.82, 2.24) is 5.32 Å². The third kappa shape index (κ3) is 3.40. The highest BCUT2D eigenvalue weighted by Crippen LogP contribution is 2.24. The fourth-order valence-corrected chi connectivity index (χ4v) is 2.91. The van der Waals surface area contributed by atoms with Gasteiger partial charge in [-0.25, -0.2) is 4.39 Å². The lowest BCUT2D eigenvalue weighted by molar-refractivity contribution is 0.545. The zero-order valence-electron chi connectivity index (χ0n) is 10.1. The minimum atomic E-state index is -0.207. The highest BCUT2D eigenvalue weighted by molar-refractivity contribution is 9.10. The van der Waals surface area contributed by atoms with Crippen LogP contribution in [0.1, 0.15) is 23.4 Å². The van der Waals surface area contributed by atoms with Crippen LogP contribution in [-0.4, -0.2) is 6.54 Å². The van der Waals surface area contributed by atoms with Crippen molar-refractivity contribution in [3.8, 4) is 0 Å². The summed E-state index contributed by atoms with van der Waals surface area (Å²) in [5.41, 5.74) is 0.992. The van der Waals surface area contributed by atoms with Gasteiger partial charge >= 0.3 is 0 Å². The van der Waals surface area contributed by atoms with Crippen molar-refractivity contribution in [3.63, 3.8) is 0 Å². The molecule has 18 heavy (non-hydrogen) atoms. The average molecular weight is 328 g/mol. The third-order valence-electron chi connectivity index (χ3n) is 2.78. The van der Waals surface area contributed by atoms with Crippen molar-refractivity contribution >= 4 is 27.3 Å². The Kier molecular flexibility index (Phi) is 4.92. The van der Waals surface area contributed by atoms with Gasteiger partial charge in [-0.3, -0.25) is 0 Å². The van der Waals surface area contributed by atoms with Crippen LogP contribution in [0.5, 0.6) is 0 Å². The molecule has 96 valence electrons. The Labute approximate surface area is 119 Å². The molecule has 4 heteroatoms. The summed E-state index contributed by atoms with van der Waals surface area (Å²) >= 11 is 4.92. The summed E-state index contributed by atoms with van der Waals surface area (Å²) in [6.45, 7) is 2.93. The van der Waals surface area contributed by atoms with Gasteiger partial charge in [0, 0.05) is 17.3 Å². The molecule has 1 heterocycles. The summed E-state index contributed by atoms with van der Waals surface area (Å²) in [4.78, 5) is 1.31. The van der Waals surface area contributed by atoms with Crippen LogP contribution in [0.3, 0.4) is 0 Å². The summed E-state index contributed by atoms with van der Waals surface area (Å²) < 4.78 is 14.1. The maximum Gasteiger partial charge on any atom is 0.137 e. The van der Waals surface area contributed by atoms with Crippen molar-refractivity contribution in [2.75, 3.05) is 6.54 Å². The highest BCUT2D eigenvalue weighted by Gasteiger charge is 2.13. The normalized spacial score (nSPS) is 12.6. The van der Waals surface area contributed by atoms with Gasteiger partial charge in [0.1, 0.15) is 5.82 Å². The SMILES string of the molecule is CCNC(Cc1cccs1)c1ccc(Br)c(F)c1. The van der Waals surface area contributed by atoms with Crippen LogP contribution in [0.25, 0.3) is 0 Å². The van der Waals surface area contributed by atoms with Crippen LogP contribution in [-0.2, 0) is 6.42 Å². The van der Waals surface area contributed by atoms with Crippen molar-refractivity contribution in [2.24, 2.45) is 0 Å². The van der Waals surface area contributed by atoms with E-state index in [1.54, 1.807) is 23.5 Å². The molecule has 0 fully saturated rings. The van der Waals surface area contributed by atoms with E-state index < -0.39 is 0 Å². The molecule has 1 aromatic carbocycles. The number of thiophene rings is 1. The number of nitrogens with one attached hydrogen (secondary N) is 1. The Bertz CT molecular complexity index is 499. The van der Waals surface area contributed by atoms with Crippen molar-refractivity contribution in [2.45, 2.75) is 19.4 Å². The molecular formula is C14H15BrFNS. The highest BCUT2D eigenvalue weighted by atomic mass is 79.9. The molecule has 0 saturated heterocycles. The predicted octanol–water partition coefficient (Wildman–Crippen LogP) is 4.54. The summed E-state index contributed by atoms with van der Waals surface area (Å²) in [6.07, 6.45) is 0.895. The largest absolute Gasteiger partial charge is 0.310 e. The monoisotopic (exact) mass is 327 g/mol. The van der Waals surface area contributed by atoms with E-state index >= 15 is 0 Å². The minimum Gasteiger partial charge on any atom is -0.310 e. The van der Waals surface area contributed by atoms with Gasteiger partial charge in [-0.05, 0) is 51.6 Å². The Hall–Kier alpha value is -0.710. The number of hydrogen-bond acceptors (Lipinski definition) is 2. The molecule has 2 rings (SSSR count). The molecule has 0 amide bonds. The summed E-state index contributed by atoms with van der Waals surface area (Å²) in [5.74, 6) is -0.207. The molecule has 1 unspecified atom stereocenters. The lowest BCUT2D eigenvalue weighted by Crippen LogP contribution is -2.22. The topological polar surface area (TPSA) is 12.0 Å². The molecule has 0 aliphatic carbocycles. The second-order valence-electron chi connectivity index (χ2n) is 4.07. The van der Waals surface area contributed by atoms with Crippen molar-refractivity contribution in [3.05, 3.63) is 56.4 Å². The number of halogens is 2. The quantitative estimate of drug-likeness (QED) is 0.849. The first-order chi connectivity index (χ1) is 8.70. The smallest absolute Gasteiger partial charge is 0.137 e. The molecule has 1 aromatic heterocycles. The Morgan fingerprint density at radius 3 is 2.83 bits per heavy atom. The Morgan fingerprint density at radius 2 is 2.22 bits per heavy atom. The van der Waals surface area contributed by atoms with Gasteiger partial charge in [-0.1, -0.05) is 19.1 Å².